The summed E-state index contributed by atoms with van der Waals surface area (Å²) in [5.74, 6) is 0.00497. The number of hydrogen-bond acceptors (Lipinski definition) is 2. The maximum Gasteiger partial charge on any atom is 0.254 e. The van der Waals surface area contributed by atoms with Crippen LogP contribution in [0.25, 0.3) is 0 Å². The molecular formula is C16H15ClN2O. The van der Waals surface area contributed by atoms with Crippen molar-refractivity contribution in [2.75, 3.05) is 5.73 Å². The van der Waals surface area contributed by atoms with Crippen LogP contribution in [0.5, 0.6) is 0 Å². The lowest BCUT2D eigenvalue weighted by molar-refractivity contribution is 0.0751. The summed E-state index contributed by atoms with van der Waals surface area (Å²) in [6.07, 6.45) is 0. The first-order valence-corrected chi connectivity index (χ1v) is 6.84. The van der Waals surface area contributed by atoms with E-state index in [0.717, 1.165) is 22.4 Å². The van der Waals surface area contributed by atoms with E-state index in [9.17, 15) is 4.79 Å². The van der Waals surface area contributed by atoms with Crippen molar-refractivity contribution in [3.63, 3.8) is 0 Å². The third-order valence-electron chi connectivity index (χ3n) is 3.53. The molecular weight excluding hydrogens is 272 g/mol. The van der Waals surface area contributed by atoms with E-state index < -0.39 is 0 Å². The molecule has 2 aromatic rings. The summed E-state index contributed by atoms with van der Waals surface area (Å²) < 4.78 is 0. The van der Waals surface area contributed by atoms with Gasteiger partial charge in [0.05, 0.1) is 0 Å². The lowest BCUT2D eigenvalue weighted by atomic mass is 10.1. The molecule has 2 N–H and O–H groups in total. The molecule has 0 aromatic heterocycles. The highest BCUT2D eigenvalue weighted by Gasteiger charge is 2.24. The number of benzene rings is 2. The minimum absolute atomic E-state index is 0.00497. The first-order valence-electron chi connectivity index (χ1n) is 6.47. The molecule has 20 heavy (non-hydrogen) atoms. The molecule has 0 saturated carbocycles. The van der Waals surface area contributed by atoms with Crippen LogP contribution >= 0.6 is 11.6 Å². The van der Waals surface area contributed by atoms with E-state index >= 15 is 0 Å². The normalized spacial score (nSPS) is 13.4. The smallest absolute Gasteiger partial charge is 0.254 e. The molecule has 0 bridgehead atoms. The van der Waals surface area contributed by atoms with Gasteiger partial charge in [0.15, 0.2) is 0 Å². The van der Waals surface area contributed by atoms with Gasteiger partial charge in [-0.15, -0.1) is 0 Å². The van der Waals surface area contributed by atoms with Crippen LogP contribution in [0, 0.1) is 6.92 Å². The Morgan fingerprint density at radius 1 is 1.15 bits per heavy atom. The van der Waals surface area contributed by atoms with Gasteiger partial charge in [0, 0.05) is 29.4 Å². The summed E-state index contributed by atoms with van der Waals surface area (Å²) in [5.41, 5.74) is 10.4. The third-order valence-corrected chi connectivity index (χ3v) is 3.75. The second-order valence-electron chi connectivity index (χ2n) is 5.21. The third kappa shape index (κ3) is 2.37. The highest BCUT2D eigenvalue weighted by molar-refractivity contribution is 6.31. The van der Waals surface area contributed by atoms with E-state index in [2.05, 4.69) is 0 Å². The fourth-order valence-corrected chi connectivity index (χ4v) is 2.89. The van der Waals surface area contributed by atoms with E-state index in [4.69, 9.17) is 17.3 Å². The van der Waals surface area contributed by atoms with Gasteiger partial charge in [0.25, 0.3) is 5.91 Å². The molecule has 1 heterocycles. The SMILES string of the molecule is Cc1cc(Cl)cc(C(=O)N2Cc3ccc(N)cc3C2)c1. The van der Waals surface area contributed by atoms with E-state index in [0.29, 0.717) is 23.7 Å². The average molecular weight is 287 g/mol. The molecule has 3 nitrogen and oxygen atoms in total. The summed E-state index contributed by atoms with van der Waals surface area (Å²) in [6, 6.07) is 11.2. The molecule has 1 amide bonds. The largest absolute Gasteiger partial charge is 0.399 e. The summed E-state index contributed by atoms with van der Waals surface area (Å²) in [4.78, 5) is 14.4. The first-order chi connectivity index (χ1) is 9.52. The Balaban J connectivity index is 1.87. The van der Waals surface area contributed by atoms with Crippen LogP contribution in [0.3, 0.4) is 0 Å². The molecule has 3 rings (SSSR count). The summed E-state index contributed by atoms with van der Waals surface area (Å²) in [6.45, 7) is 3.16. The topological polar surface area (TPSA) is 46.3 Å². The number of rotatable bonds is 1. The number of aryl methyl sites for hydroxylation is 1. The molecule has 102 valence electrons. The van der Waals surface area contributed by atoms with Crippen molar-refractivity contribution in [1.29, 1.82) is 0 Å². The minimum Gasteiger partial charge on any atom is -0.399 e. The molecule has 2 aromatic carbocycles. The Morgan fingerprint density at radius 3 is 2.65 bits per heavy atom. The summed E-state index contributed by atoms with van der Waals surface area (Å²) in [7, 11) is 0. The van der Waals surface area contributed by atoms with Crippen LogP contribution in [-0.4, -0.2) is 10.8 Å². The van der Waals surface area contributed by atoms with Crippen molar-refractivity contribution in [1.82, 2.24) is 4.90 Å². The zero-order valence-electron chi connectivity index (χ0n) is 11.2. The number of carbonyl (C=O) groups is 1. The van der Waals surface area contributed by atoms with Crippen LogP contribution in [-0.2, 0) is 13.1 Å². The lowest BCUT2D eigenvalue weighted by Gasteiger charge is -2.16. The van der Waals surface area contributed by atoms with Gasteiger partial charge in [-0.3, -0.25) is 4.79 Å². The molecule has 1 aliphatic heterocycles. The van der Waals surface area contributed by atoms with E-state index in [1.165, 1.54) is 0 Å². The number of nitrogens with zero attached hydrogens (tertiary/aromatic N) is 1. The summed E-state index contributed by atoms with van der Waals surface area (Å²) in [5, 5.41) is 0.592. The van der Waals surface area contributed by atoms with Crippen molar-refractivity contribution >= 4 is 23.2 Å². The molecule has 0 radical (unpaired) electrons. The summed E-state index contributed by atoms with van der Waals surface area (Å²) >= 11 is 6.02. The standard InChI is InChI=1S/C16H15ClN2O/c1-10-4-12(6-14(17)5-10)16(20)19-8-11-2-3-15(18)7-13(11)9-19/h2-7H,8-9,18H2,1H3. The van der Waals surface area contributed by atoms with Gasteiger partial charge in [-0.25, -0.2) is 0 Å². The van der Waals surface area contributed by atoms with Gasteiger partial charge in [-0.1, -0.05) is 17.7 Å². The number of hydrogen-bond donors (Lipinski definition) is 1. The quantitative estimate of drug-likeness (QED) is 0.817. The van der Waals surface area contributed by atoms with Gasteiger partial charge < -0.3 is 10.6 Å². The van der Waals surface area contributed by atoms with E-state index in [1.807, 2.05) is 42.2 Å². The van der Waals surface area contributed by atoms with Crippen LogP contribution in [0.15, 0.2) is 36.4 Å². The minimum atomic E-state index is 0.00497. The Kier molecular flexibility index (Phi) is 3.14. The number of amides is 1. The van der Waals surface area contributed by atoms with Crippen molar-refractivity contribution in [2.24, 2.45) is 0 Å². The van der Waals surface area contributed by atoms with Crippen LogP contribution < -0.4 is 5.73 Å². The number of carbonyl (C=O) groups excluding carboxylic acids is 1. The Morgan fingerprint density at radius 2 is 1.90 bits per heavy atom. The Labute approximate surface area is 123 Å². The van der Waals surface area contributed by atoms with E-state index in [-0.39, 0.29) is 5.91 Å². The number of fused-ring (bicyclic) bond motifs is 1. The first kappa shape index (κ1) is 13.0. The number of nitrogens with two attached hydrogens (primary N) is 1. The number of nitrogen functional groups attached to an aromatic ring is 1. The van der Waals surface area contributed by atoms with E-state index in [1.54, 1.807) is 6.07 Å². The maximum absolute atomic E-state index is 12.5. The van der Waals surface area contributed by atoms with Gasteiger partial charge in [-0.05, 0) is 53.9 Å². The second kappa shape index (κ2) is 4.84. The molecule has 0 atom stereocenters. The highest BCUT2D eigenvalue weighted by Crippen LogP contribution is 2.27. The lowest BCUT2D eigenvalue weighted by Crippen LogP contribution is -2.25. The molecule has 0 unspecified atom stereocenters. The Bertz CT molecular complexity index is 677. The molecule has 0 spiro atoms. The predicted molar refractivity (Wildman–Crippen MR) is 80.6 cm³/mol. The van der Waals surface area contributed by atoms with Gasteiger partial charge in [0.2, 0.25) is 0 Å². The zero-order chi connectivity index (χ0) is 14.3. The predicted octanol–water partition coefficient (Wildman–Crippen LogP) is 3.39. The van der Waals surface area contributed by atoms with Crippen molar-refractivity contribution in [3.8, 4) is 0 Å². The molecule has 0 fully saturated rings. The van der Waals surface area contributed by atoms with Crippen molar-refractivity contribution in [2.45, 2.75) is 20.0 Å². The fourth-order valence-electron chi connectivity index (χ4n) is 2.60. The molecule has 4 heteroatoms. The van der Waals surface area contributed by atoms with Gasteiger partial charge >= 0.3 is 0 Å². The molecule has 0 aliphatic carbocycles. The number of halogens is 1. The van der Waals surface area contributed by atoms with Crippen molar-refractivity contribution < 1.29 is 4.79 Å². The fraction of sp³-hybridized carbons (Fsp3) is 0.188. The maximum atomic E-state index is 12.5. The molecule has 1 aliphatic rings. The molecule has 0 saturated heterocycles. The number of anilines is 1. The average Bonchev–Trinajstić information content (AvgIpc) is 2.79. The highest BCUT2D eigenvalue weighted by atomic mass is 35.5. The second-order valence-corrected chi connectivity index (χ2v) is 5.64. The Hall–Kier alpha value is -2.00. The monoisotopic (exact) mass is 286 g/mol. The van der Waals surface area contributed by atoms with Crippen LogP contribution in [0.4, 0.5) is 5.69 Å². The van der Waals surface area contributed by atoms with Crippen molar-refractivity contribution in [3.05, 3.63) is 63.7 Å². The van der Waals surface area contributed by atoms with Gasteiger partial charge in [0.1, 0.15) is 0 Å². The van der Waals surface area contributed by atoms with Gasteiger partial charge in [-0.2, -0.15) is 0 Å². The van der Waals surface area contributed by atoms with Crippen LogP contribution in [0.1, 0.15) is 27.0 Å². The van der Waals surface area contributed by atoms with Crippen LogP contribution in [0.2, 0.25) is 5.02 Å². The zero-order valence-corrected chi connectivity index (χ0v) is 11.9.